The van der Waals surface area contributed by atoms with Crippen molar-refractivity contribution in [3.63, 3.8) is 0 Å². The third-order valence-corrected chi connectivity index (χ3v) is 10.2. The average molecular weight is 663 g/mol. The molecule has 5 heteroatoms. The SMILES string of the molecule is CCCCCCCCC(CCCCCCCC)CN(CC(CCCCCCCC)CCCCCCCC)C(N)=NCCCCC(N)=O. The molecular weight excluding hydrogens is 576 g/mol. The van der Waals surface area contributed by atoms with Crippen LogP contribution in [0.1, 0.15) is 227 Å². The van der Waals surface area contributed by atoms with E-state index in [1.807, 2.05) is 0 Å². The van der Waals surface area contributed by atoms with Crippen LogP contribution in [0.15, 0.2) is 4.99 Å². The van der Waals surface area contributed by atoms with Gasteiger partial charge in [-0.05, 0) is 50.4 Å². The standard InChI is InChI=1S/C42H86N4O/c1-5-9-13-17-21-25-31-39(32-26-22-18-14-10-6-2)37-46(42(44)45-36-30-29-35-41(43)47)38-40(33-27-23-19-15-11-7-3)34-28-24-20-16-12-8-4/h39-40H,5-38H2,1-4H3,(H2,43,47)(H2,44,45). The van der Waals surface area contributed by atoms with Crippen LogP contribution in [0.4, 0.5) is 0 Å². The minimum atomic E-state index is -0.219. The molecule has 0 aliphatic heterocycles. The lowest BCUT2D eigenvalue weighted by Crippen LogP contribution is -2.43. The number of carbonyl (C=O) groups is 1. The van der Waals surface area contributed by atoms with Gasteiger partial charge in [-0.15, -0.1) is 0 Å². The van der Waals surface area contributed by atoms with Gasteiger partial charge in [-0.3, -0.25) is 9.79 Å². The van der Waals surface area contributed by atoms with Gasteiger partial charge in [0.15, 0.2) is 5.96 Å². The number of nitrogens with two attached hydrogens (primary N) is 2. The first kappa shape index (κ1) is 45.7. The normalized spacial score (nSPS) is 12.1. The van der Waals surface area contributed by atoms with E-state index in [9.17, 15) is 4.79 Å². The molecule has 0 saturated heterocycles. The number of unbranched alkanes of at least 4 members (excludes halogenated alkanes) is 21. The zero-order valence-electron chi connectivity index (χ0n) is 32.7. The minimum absolute atomic E-state index is 0.219. The zero-order valence-corrected chi connectivity index (χ0v) is 32.7. The number of hydrogen-bond acceptors (Lipinski definition) is 2. The van der Waals surface area contributed by atoms with E-state index in [1.165, 1.54) is 180 Å². The summed E-state index contributed by atoms with van der Waals surface area (Å²) in [7, 11) is 0. The third kappa shape index (κ3) is 31.7. The minimum Gasteiger partial charge on any atom is -0.370 e. The monoisotopic (exact) mass is 663 g/mol. The fourth-order valence-electron chi connectivity index (χ4n) is 7.10. The zero-order chi connectivity index (χ0) is 34.6. The summed E-state index contributed by atoms with van der Waals surface area (Å²) >= 11 is 0. The fraction of sp³-hybridized carbons (Fsp3) is 0.952. The summed E-state index contributed by atoms with van der Waals surface area (Å²) in [5.74, 6) is 1.92. The van der Waals surface area contributed by atoms with Gasteiger partial charge in [0, 0.05) is 26.1 Å². The molecule has 0 heterocycles. The number of carbonyl (C=O) groups excluding carboxylic acids is 1. The molecule has 47 heavy (non-hydrogen) atoms. The summed E-state index contributed by atoms with van der Waals surface area (Å²) in [6, 6.07) is 0. The van der Waals surface area contributed by atoms with Gasteiger partial charge in [-0.25, -0.2) is 0 Å². The summed E-state index contributed by atoms with van der Waals surface area (Å²) in [4.78, 5) is 18.7. The fourth-order valence-corrected chi connectivity index (χ4v) is 7.10. The molecular formula is C42H86N4O. The molecule has 0 radical (unpaired) electrons. The van der Waals surface area contributed by atoms with Crippen molar-refractivity contribution in [1.29, 1.82) is 0 Å². The van der Waals surface area contributed by atoms with Gasteiger partial charge in [0.25, 0.3) is 0 Å². The van der Waals surface area contributed by atoms with Crippen molar-refractivity contribution in [1.82, 2.24) is 4.90 Å². The van der Waals surface area contributed by atoms with E-state index in [0.29, 0.717) is 24.8 Å². The van der Waals surface area contributed by atoms with Crippen molar-refractivity contribution in [2.75, 3.05) is 19.6 Å². The van der Waals surface area contributed by atoms with Crippen molar-refractivity contribution in [3.8, 4) is 0 Å². The van der Waals surface area contributed by atoms with Crippen molar-refractivity contribution in [3.05, 3.63) is 0 Å². The van der Waals surface area contributed by atoms with E-state index in [-0.39, 0.29) is 5.91 Å². The average Bonchev–Trinajstić information content (AvgIpc) is 3.06. The maximum absolute atomic E-state index is 11.2. The molecule has 4 N–H and O–H groups in total. The Hall–Kier alpha value is -1.26. The van der Waals surface area contributed by atoms with Crippen molar-refractivity contribution in [2.45, 2.75) is 227 Å². The lowest BCUT2D eigenvalue weighted by molar-refractivity contribution is -0.118. The highest BCUT2D eigenvalue weighted by molar-refractivity contribution is 5.78. The first-order chi connectivity index (χ1) is 23.0. The lowest BCUT2D eigenvalue weighted by atomic mass is 9.91. The molecule has 0 atom stereocenters. The Morgan fingerprint density at radius 2 is 0.787 bits per heavy atom. The molecule has 280 valence electrons. The number of hydrogen-bond donors (Lipinski definition) is 2. The second-order valence-corrected chi connectivity index (χ2v) is 15.0. The smallest absolute Gasteiger partial charge is 0.217 e. The number of amides is 1. The summed E-state index contributed by atoms with van der Waals surface area (Å²) < 4.78 is 0. The highest BCUT2D eigenvalue weighted by Gasteiger charge is 2.20. The highest BCUT2D eigenvalue weighted by atomic mass is 16.1. The summed E-state index contributed by atoms with van der Waals surface area (Å²) in [5.41, 5.74) is 12.3. The predicted molar refractivity (Wildman–Crippen MR) is 210 cm³/mol. The second kappa shape index (κ2) is 36.0. The van der Waals surface area contributed by atoms with Crippen LogP contribution in [0.2, 0.25) is 0 Å². The Morgan fingerprint density at radius 3 is 1.11 bits per heavy atom. The molecule has 0 spiro atoms. The van der Waals surface area contributed by atoms with Crippen LogP contribution in [0.25, 0.3) is 0 Å². The highest BCUT2D eigenvalue weighted by Crippen LogP contribution is 2.24. The van der Waals surface area contributed by atoms with Crippen LogP contribution in [0.3, 0.4) is 0 Å². The predicted octanol–water partition coefficient (Wildman–Crippen LogP) is 12.5. The Kier molecular flexibility index (Phi) is 35.1. The van der Waals surface area contributed by atoms with Crippen LogP contribution >= 0.6 is 0 Å². The van der Waals surface area contributed by atoms with Gasteiger partial charge >= 0.3 is 0 Å². The van der Waals surface area contributed by atoms with E-state index in [2.05, 4.69) is 32.6 Å². The Morgan fingerprint density at radius 1 is 0.468 bits per heavy atom. The molecule has 0 rings (SSSR count). The molecule has 0 aromatic heterocycles. The van der Waals surface area contributed by atoms with Crippen LogP contribution in [-0.2, 0) is 4.79 Å². The first-order valence-electron chi connectivity index (χ1n) is 21.3. The van der Waals surface area contributed by atoms with Gasteiger partial charge in [-0.2, -0.15) is 0 Å². The topological polar surface area (TPSA) is 84.7 Å². The largest absolute Gasteiger partial charge is 0.370 e. The van der Waals surface area contributed by atoms with Crippen LogP contribution < -0.4 is 11.5 Å². The molecule has 0 unspecified atom stereocenters. The van der Waals surface area contributed by atoms with Crippen LogP contribution in [-0.4, -0.2) is 36.4 Å². The Balaban J connectivity index is 5.62. The van der Waals surface area contributed by atoms with E-state index in [0.717, 1.165) is 31.9 Å². The number of guanidine groups is 1. The number of rotatable bonds is 37. The molecule has 1 amide bonds. The van der Waals surface area contributed by atoms with Gasteiger partial charge in [0.1, 0.15) is 0 Å². The van der Waals surface area contributed by atoms with Crippen molar-refractivity contribution in [2.24, 2.45) is 28.3 Å². The van der Waals surface area contributed by atoms with Crippen molar-refractivity contribution >= 4 is 11.9 Å². The number of nitrogens with zero attached hydrogens (tertiary/aromatic N) is 2. The molecule has 0 fully saturated rings. The first-order valence-corrected chi connectivity index (χ1v) is 21.3. The van der Waals surface area contributed by atoms with E-state index in [1.54, 1.807) is 0 Å². The quantitative estimate of drug-likeness (QED) is 0.0394. The van der Waals surface area contributed by atoms with Gasteiger partial charge in [0.05, 0.1) is 0 Å². The third-order valence-electron chi connectivity index (χ3n) is 10.2. The molecule has 0 aromatic rings. The molecule has 0 aliphatic rings. The van der Waals surface area contributed by atoms with Crippen LogP contribution in [0, 0.1) is 11.8 Å². The van der Waals surface area contributed by atoms with Gasteiger partial charge < -0.3 is 16.4 Å². The second-order valence-electron chi connectivity index (χ2n) is 15.0. The van der Waals surface area contributed by atoms with E-state index in [4.69, 9.17) is 16.5 Å². The summed E-state index contributed by atoms with van der Waals surface area (Å²) in [5, 5.41) is 0. The Labute approximate surface area is 295 Å². The molecule has 5 nitrogen and oxygen atoms in total. The van der Waals surface area contributed by atoms with Gasteiger partial charge in [0.2, 0.25) is 5.91 Å². The van der Waals surface area contributed by atoms with E-state index >= 15 is 0 Å². The molecule has 0 aliphatic carbocycles. The summed E-state index contributed by atoms with van der Waals surface area (Å²) in [6.45, 7) is 12.0. The van der Waals surface area contributed by atoms with Gasteiger partial charge in [-0.1, -0.05) is 182 Å². The maximum atomic E-state index is 11.2. The number of primary amides is 1. The lowest BCUT2D eigenvalue weighted by Gasteiger charge is -2.32. The number of aliphatic imine (C=N–C) groups is 1. The molecule has 0 bridgehead atoms. The Bertz CT molecular complexity index is 612. The molecule has 0 saturated carbocycles. The molecule has 0 aromatic carbocycles. The van der Waals surface area contributed by atoms with Crippen molar-refractivity contribution < 1.29 is 4.79 Å². The van der Waals surface area contributed by atoms with E-state index < -0.39 is 0 Å². The van der Waals surface area contributed by atoms with Crippen LogP contribution in [0.5, 0.6) is 0 Å². The maximum Gasteiger partial charge on any atom is 0.217 e. The summed E-state index contributed by atoms with van der Waals surface area (Å²) in [6.07, 6.45) is 40.1.